The van der Waals surface area contributed by atoms with Crippen molar-refractivity contribution in [2.75, 3.05) is 18.0 Å². The summed E-state index contributed by atoms with van der Waals surface area (Å²) in [5.74, 6) is 0. The highest BCUT2D eigenvalue weighted by Gasteiger charge is 2.13. The number of nitrogens with zero attached hydrogens (tertiary/aromatic N) is 2. The Kier molecular flexibility index (Phi) is 5.44. The van der Waals surface area contributed by atoms with E-state index in [2.05, 4.69) is 35.9 Å². The number of anilines is 1. The lowest BCUT2D eigenvalue weighted by Crippen LogP contribution is -2.17. The molecule has 0 bridgehead atoms. The van der Waals surface area contributed by atoms with Gasteiger partial charge in [0, 0.05) is 19.3 Å². The third kappa shape index (κ3) is 3.82. The van der Waals surface area contributed by atoms with Crippen LogP contribution in [0.5, 0.6) is 0 Å². The van der Waals surface area contributed by atoms with E-state index in [1.54, 1.807) is 0 Å². The molecule has 2 heteroatoms. The third-order valence-corrected chi connectivity index (χ3v) is 3.76. The van der Waals surface area contributed by atoms with Gasteiger partial charge in [-0.25, -0.2) is 0 Å². The van der Waals surface area contributed by atoms with Crippen LogP contribution in [0.4, 0.5) is 5.69 Å². The van der Waals surface area contributed by atoms with Crippen molar-refractivity contribution in [3.63, 3.8) is 0 Å². The van der Waals surface area contributed by atoms with Crippen molar-refractivity contribution < 1.29 is 0 Å². The predicted octanol–water partition coefficient (Wildman–Crippen LogP) is 4.67. The maximum Gasteiger partial charge on any atom is 0.0558 e. The number of pyridine rings is 1. The van der Waals surface area contributed by atoms with Gasteiger partial charge in [0.05, 0.1) is 11.9 Å². The monoisotopic (exact) mass is 258 g/mol. The van der Waals surface area contributed by atoms with E-state index in [-0.39, 0.29) is 0 Å². The molecular formula is C17H26N2. The Labute approximate surface area is 117 Å². The average Bonchev–Trinajstić information content (AvgIpc) is 2.98. The zero-order chi connectivity index (χ0) is 13.5. The molecule has 0 aromatic carbocycles. The van der Waals surface area contributed by atoms with E-state index < -0.39 is 0 Å². The number of unbranched alkanes of at least 4 members (excludes halogenated alkanes) is 1. The van der Waals surface area contributed by atoms with Gasteiger partial charge in [-0.3, -0.25) is 4.98 Å². The molecule has 0 unspecified atom stereocenters. The molecule has 1 saturated heterocycles. The molecular weight excluding hydrogens is 232 g/mol. The van der Waals surface area contributed by atoms with E-state index >= 15 is 0 Å². The smallest absolute Gasteiger partial charge is 0.0558 e. The molecule has 1 aliphatic rings. The summed E-state index contributed by atoms with van der Waals surface area (Å²) >= 11 is 0. The van der Waals surface area contributed by atoms with Gasteiger partial charge in [0.1, 0.15) is 0 Å². The second kappa shape index (κ2) is 7.32. The molecule has 0 saturated carbocycles. The van der Waals surface area contributed by atoms with Crippen LogP contribution in [0.1, 0.15) is 57.9 Å². The fourth-order valence-corrected chi connectivity index (χ4v) is 2.70. The first-order valence-corrected chi connectivity index (χ1v) is 7.74. The summed E-state index contributed by atoms with van der Waals surface area (Å²) < 4.78 is 0. The van der Waals surface area contributed by atoms with Crippen LogP contribution >= 0.6 is 0 Å². The summed E-state index contributed by atoms with van der Waals surface area (Å²) in [4.78, 5) is 6.92. The molecule has 0 spiro atoms. The van der Waals surface area contributed by atoms with Gasteiger partial charge in [0.15, 0.2) is 0 Å². The van der Waals surface area contributed by atoms with E-state index in [9.17, 15) is 0 Å². The van der Waals surface area contributed by atoms with E-state index in [0.717, 1.165) is 6.42 Å². The van der Waals surface area contributed by atoms with Gasteiger partial charge in [-0.1, -0.05) is 32.8 Å². The van der Waals surface area contributed by atoms with Gasteiger partial charge in [-0.15, -0.1) is 0 Å². The van der Waals surface area contributed by atoms with Crippen molar-refractivity contribution in [3.8, 4) is 0 Å². The van der Waals surface area contributed by atoms with E-state index in [1.165, 1.54) is 62.0 Å². The molecule has 0 atom stereocenters. The van der Waals surface area contributed by atoms with Crippen LogP contribution < -0.4 is 4.90 Å². The molecule has 1 aromatic heterocycles. The lowest BCUT2D eigenvalue weighted by molar-refractivity contribution is 0.929. The van der Waals surface area contributed by atoms with Crippen molar-refractivity contribution in [2.45, 2.75) is 52.4 Å². The second-order valence-electron chi connectivity index (χ2n) is 5.39. The van der Waals surface area contributed by atoms with Crippen molar-refractivity contribution in [1.29, 1.82) is 0 Å². The van der Waals surface area contributed by atoms with E-state index in [1.807, 2.05) is 12.4 Å². The van der Waals surface area contributed by atoms with Gasteiger partial charge >= 0.3 is 0 Å². The van der Waals surface area contributed by atoms with Gasteiger partial charge in [0.2, 0.25) is 0 Å². The van der Waals surface area contributed by atoms with Crippen molar-refractivity contribution in [2.24, 2.45) is 0 Å². The molecule has 1 aromatic rings. The lowest BCUT2D eigenvalue weighted by atomic mass is 10.0. The fourth-order valence-electron chi connectivity index (χ4n) is 2.70. The Hall–Kier alpha value is -1.31. The topological polar surface area (TPSA) is 16.1 Å². The maximum atomic E-state index is 4.46. The Morgan fingerprint density at radius 2 is 2.00 bits per heavy atom. The van der Waals surface area contributed by atoms with Crippen molar-refractivity contribution >= 4 is 11.3 Å². The number of hydrogen-bond acceptors (Lipinski definition) is 2. The molecule has 0 N–H and O–H groups in total. The minimum Gasteiger partial charge on any atom is -0.370 e. The molecule has 2 heterocycles. The Morgan fingerprint density at radius 1 is 1.21 bits per heavy atom. The molecule has 2 rings (SSSR count). The molecule has 2 nitrogen and oxygen atoms in total. The Bertz CT molecular complexity index is 417. The van der Waals surface area contributed by atoms with Crippen molar-refractivity contribution in [3.05, 3.63) is 30.1 Å². The molecule has 19 heavy (non-hydrogen) atoms. The Balaban J connectivity index is 2.19. The number of rotatable bonds is 6. The standard InChI is InChI=1S/C17H26N2/c1-3-5-9-15(8-4-2)16-12-17(14-18-13-16)19-10-6-7-11-19/h9,12-14H,3-8,10-11H2,1-2H3/b15-9+. The van der Waals surface area contributed by atoms with Crippen LogP contribution in [0.25, 0.3) is 5.57 Å². The van der Waals surface area contributed by atoms with Gasteiger partial charge in [-0.2, -0.15) is 0 Å². The second-order valence-corrected chi connectivity index (χ2v) is 5.39. The molecule has 1 aliphatic heterocycles. The summed E-state index contributed by atoms with van der Waals surface area (Å²) in [7, 11) is 0. The van der Waals surface area contributed by atoms with Gasteiger partial charge < -0.3 is 4.90 Å². The highest BCUT2D eigenvalue weighted by molar-refractivity contribution is 5.68. The lowest BCUT2D eigenvalue weighted by Gasteiger charge is -2.18. The molecule has 0 aliphatic carbocycles. The zero-order valence-electron chi connectivity index (χ0n) is 12.4. The molecule has 0 radical (unpaired) electrons. The van der Waals surface area contributed by atoms with Crippen LogP contribution in [-0.4, -0.2) is 18.1 Å². The normalized spacial score (nSPS) is 16.1. The number of allylic oxidation sites excluding steroid dienone is 2. The van der Waals surface area contributed by atoms with Gasteiger partial charge in [0.25, 0.3) is 0 Å². The van der Waals surface area contributed by atoms with Crippen LogP contribution in [-0.2, 0) is 0 Å². The first kappa shape index (κ1) is 14.1. The minimum atomic E-state index is 1.16. The highest BCUT2D eigenvalue weighted by atomic mass is 15.1. The Morgan fingerprint density at radius 3 is 2.68 bits per heavy atom. The maximum absolute atomic E-state index is 4.46. The summed E-state index contributed by atoms with van der Waals surface area (Å²) in [5, 5.41) is 0. The average molecular weight is 258 g/mol. The van der Waals surface area contributed by atoms with E-state index in [0.29, 0.717) is 0 Å². The quantitative estimate of drug-likeness (QED) is 0.737. The van der Waals surface area contributed by atoms with Crippen LogP contribution in [0.15, 0.2) is 24.5 Å². The molecule has 0 amide bonds. The first-order chi connectivity index (χ1) is 9.35. The molecule has 1 fully saturated rings. The van der Waals surface area contributed by atoms with Crippen LogP contribution in [0, 0.1) is 0 Å². The minimum absolute atomic E-state index is 1.16. The van der Waals surface area contributed by atoms with Crippen molar-refractivity contribution in [1.82, 2.24) is 4.98 Å². The highest BCUT2D eigenvalue weighted by Crippen LogP contribution is 2.26. The summed E-state index contributed by atoms with van der Waals surface area (Å²) in [6.07, 6.45) is 13.8. The summed E-state index contributed by atoms with van der Waals surface area (Å²) in [6.45, 7) is 6.86. The first-order valence-electron chi connectivity index (χ1n) is 7.74. The molecule has 104 valence electrons. The number of aromatic nitrogens is 1. The van der Waals surface area contributed by atoms with Gasteiger partial charge in [-0.05, 0) is 42.9 Å². The fraction of sp³-hybridized carbons (Fsp3) is 0.588. The zero-order valence-corrected chi connectivity index (χ0v) is 12.4. The largest absolute Gasteiger partial charge is 0.370 e. The third-order valence-electron chi connectivity index (χ3n) is 3.76. The van der Waals surface area contributed by atoms with E-state index in [4.69, 9.17) is 0 Å². The SMILES string of the molecule is CCC/C=C(\CCC)c1cncc(N2CCCC2)c1. The summed E-state index contributed by atoms with van der Waals surface area (Å²) in [5.41, 5.74) is 4.09. The summed E-state index contributed by atoms with van der Waals surface area (Å²) in [6, 6.07) is 2.33. The van der Waals surface area contributed by atoms with Crippen LogP contribution in [0.3, 0.4) is 0 Å². The van der Waals surface area contributed by atoms with Crippen LogP contribution in [0.2, 0.25) is 0 Å². The predicted molar refractivity (Wildman–Crippen MR) is 83.5 cm³/mol. The number of hydrogen-bond donors (Lipinski definition) is 0.